The van der Waals surface area contributed by atoms with Crippen molar-refractivity contribution in [3.05, 3.63) is 0 Å². The second kappa shape index (κ2) is 5.81. The van der Waals surface area contributed by atoms with E-state index in [0.29, 0.717) is 5.88 Å². The minimum Gasteiger partial charge on any atom is -0.383 e. The van der Waals surface area contributed by atoms with Crippen LogP contribution in [0.2, 0.25) is 0 Å². The number of methoxy groups -OCH3 is 1. The van der Waals surface area contributed by atoms with Crippen LogP contribution < -0.4 is 0 Å². The standard InChI is InChI=1S/C9H18ClNO2/c1-8-6-11(3-4-12-2)7-9(5-10)13-8/h8-9H,3-7H2,1-2H3. The van der Waals surface area contributed by atoms with Gasteiger partial charge in [-0.1, -0.05) is 0 Å². The van der Waals surface area contributed by atoms with E-state index >= 15 is 0 Å². The quantitative estimate of drug-likeness (QED) is 0.642. The smallest absolute Gasteiger partial charge is 0.0841 e. The molecule has 3 nitrogen and oxygen atoms in total. The summed E-state index contributed by atoms with van der Waals surface area (Å²) in [4.78, 5) is 2.34. The Labute approximate surface area is 84.9 Å². The van der Waals surface area contributed by atoms with Crippen LogP contribution in [0.25, 0.3) is 0 Å². The molecule has 1 aliphatic rings. The summed E-state index contributed by atoms with van der Waals surface area (Å²) in [6.07, 6.45) is 0.469. The van der Waals surface area contributed by atoms with Crippen molar-refractivity contribution in [1.82, 2.24) is 4.90 Å². The van der Waals surface area contributed by atoms with Crippen molar-refractivity contribution in [1.29, 1.82) is 0 Å². The molecule has 78 valence electrons. The van der Waals surface area contributed by atoms with Crippen molar-refractivity contribution in [3.8, 4) is 0 Å². The zero-order chi connectivity index (χ0) is 9.68. The Morgan fingerprint density at radius 1 is 1.54 bits per heavy atom. The van der Waals surface area contributed by atoms with E-state index in [2.05, 4.69) is 11.8 Å². The maximum atomic E-state index is 5.76. The molecule has 4 heteroatoms. The van der Waals surface area contributed by atoms with Crippen molar-refractivity contribution in [3.63, 3.8) is 0 Å². The maximum Gasteiger partial charge on any atom is 0.0841 e. The van der Waals surface area contributed by atoms with Gasteiger partial charge in [0.25, 0.3) is 0 Å². The Bertz CT molecular complexity index is 146. The molecule has 1 saturated heterocycles. The van der Waals surface area contributed by atoms with E-state index in [4.69, 9.17) is 21.1 Å². The molecule has 0 saturated carbocycles. The molecule has 0 aliphatic carbocycles. The van der Waals surface area contributed by atoms with E-state index in [1.54, 1.807) is 7.11 Å². The SMILES string of the molecule is COCCN1CC(C)OC(CCl)C1. The molecule has 2 atom stereocenters. The summed E-state index contributed by atoms with van der Waals surface area (Å²) in [5.41, 5.74) is 0. The van der Waals surface area contributed by atoms with Crippen molar-refractivity contribution in [2.75, 3.05) is 39.2 Å². The summed E-state index contributed by atoms with van der Waals surface area (Å²) in [7, 11) is 1.73. The van der Waals surface area contributed by atoms with Gasteiger partial charge in [-0.05, 0) is 6.92 Å². The molecule has 0 aromatic heterocycles. The zero-order valence-corrected chi connectivity index (χ0v) is 9.09. The minimum atomic E-state index is 0.183. The van der Waals surface area contributed by atoms with Crippen LogP contribution in [0.3, 0.4) is 0 Å². The van der Waals surface area contributed by atoms with Crippen molar-refractivity contribution in [2.24, 2.45) is 0 Å². The highest BCUT2D eigenvalue weighted by Gasteiger charge is 2.23. The maximum absolute atomic E-state index is 5.76. The molecule has 0 radical (unpaired) electrons. The molecule has 0 spiro atoms. The lowest BCUT2D eigenvalue weighted by Crippen LogP contribution is -2.48. The van der Waals surface area contributed by atoms with Gasteiger partial charge in [0.1, 0.15) is 0 Å². The predicted octanol–water partition coefficient (Wildman–Crippen LogP) is 0.961. The minimum absolute atomic E-state index is 0.183. The molecule has 1 aliphatic heterocycles. The summed E-state index contributed by atoms with van der Waals surface area (Å²) >= 11 is 5.76. The fraction of sp³-hybridized carbons (Fsp3) is 1.00. The van der Waals surface area contributed by atoms with Gasteiger partial charge in [0.2, 0.25) is 0 Å². The molecule has 13 heavy (non-hydrogen) atoms. The predicted molar refractivity (Wildman–Crippen MR) is 53.4 cm³/mol. The zero-order valence-electron chi connectivity index (χ0n) is 8.33. The van der Waals surface area contributed by atoms with E-state index in [1.165, 1.54) is 0 Å². The Morgan fingerprint density at radius 2 is 2.31 bits per heavy atom. The second-order valence-corrected chi connectivity index (χ2v) is 3.78. The van der Waals surface area contributed by atoms with Gasteiger partial charge in [-0.2, -0.15) is 0 Å². The first kappa shape index (κ1) is 11.2. The van der Waals surface area contributed by atoms with Gasteiger partial charge in [0.15, 0.2) is 0 Å². The van der Waals surface area contributed by atoms with Crippen LogP contribution in [0.4, 0.5) is 0 Å². The van der Waals surface area contributed by atoms with E-state index in [1.807, 2.05) is 0 Å². The van der Waals surface area contributed by atoms with Crippen molar-refractivity contribution < 1.29 is 9.47 Å². The molecule has 1 heterocycles. The molecule has 1 rings (SSSR count). The normalized spacial score (nSPS) is 30.7. The number of hydrogen-bond acceptors (Lipinski definition) is 3. The van der Waals surface area contributed by atoms with E-state index in [9.17, 15) is 0 Å². The summed E-state index contributed by atoms with van der Waals surface area (Å²) < 4.78 is 10.7. The molecule has 0 N–H and O–H groups in total. The highest BCUT2D eigenvalue weighted by atomic mass is 35.5. The molecule has 2 unspecified atom stereocenters. The topological polar surface area (TPSA) is 21.7 Å². The Hall–Kier alpha value is 0.170. The first-order chi connectivity index (χ1) is 6.26. The van der Waals surface area contributed by atoms with Crippen molar-refractivity contribution in [2.45, 2.75) is 19.1 Å². The van der Waals surface area contributed by atoms with Gasteiger partial charge < -0.3 is 9.47 Å². The number of ether oxygens (including phenoxy) is 2. The van der Waals surface area contributed by atoms with Crippen LogP contribution in [0.5, 0.6) is 0 Å². The third-order valence-electron chi connectivity index (χ3n) is 2.19. The summed E-state index contributed by atoms with van der Waals surface area (Å²) in [6.45, 7) is 5.74. The highest BCUT2D eigenvalue weighted by molar-refractivity contribution is 6.18. The molecule has 0 amide bonds. The van der Waals surface area contributed by atoms with Crippen LogP contribution >= 0.6 is 11.6 Å². The van der Waals surface area contributed by atoms with Gasteiger partial charge in [-0.3, -0.25) is 4.90 Å². The number of rotatable bonds is 4. The van der Waals surface area contributed by atoms with Crippen LogP contribution in [0, 0.1) is 0 Å². The molecule has 0 aromatic carbocycles. The number of morpholine rings is 1. The Kier molecular flexibility index (Phi) is 5.02. The second-order valence-electron chi connectivity index (χ2n) is 3.48. The third-order valence-corrected chi connectivity index (χ3v) is 2.53. The van der Waals surface area contributed by atoms with Crippen LogP contribution in [-0.4, -0.2) is 56.3 Å². The van der Waals surface area contributed by atoms with Crippen LogP contribution in [-0.2, 0) is 9.47 Å². The lowest BCUT2D eigenvalue weighted by atomic mass is 10.2. The van der Waals surface area contributed by atoms with E-state index in [0.717, 1.165) is 26.2 Å². The average Bonchev–Trinajstić information content (AvgIpc) is 2.14. The first-order valence-corrected chi connectivity index (χ1v) is 5.22. The van der Waals surface area contributed by atoms with E-state index < -0.39 is 0 Å². The van der Waals surface area contributed by atoms with Gasteiger partial charge in [0, 0.05) is 32.6 Å². The number of halogens is 1. The summed E-state index contributed by atoms with van der Waals surface area (Å²) in [5.74, 6) is 0.577. The van der Waals surface area contributed by atoms with Crippen LogP contribution in [0.1, 0.15) is 6.92 Å². The fourth-order valence-corrected chi connectivity index (χ4v) is 1.80. The molecular weight excluding hydrogens is 190 g/mol. The lowest BCUT2D eigenvalue weighted by Gasteiger charge is -2.35. The number of hydrogen-bond donors (Lipinski definition) is 0. The summed E-state index contributed by atoms with van der Waals surface area (Å²) in [6, 6.07) is 0. The van der Waals surface area contributed by atoms with Crippen molar-refractivity contribution >= 4 is 11.6 Å². The van der Waals surface area contributed by atoms with E-state index in [-0.39, 0.29) is 12.2 Å². The first-order valence-electron chi connectivity index (χ1n) is 4.69. The van der Waals surface area contributed by atoms with Gasteiger partial charge in [0.05, 0.1) is 18.8 Å². The molecule has 1 fully saturated rings. The fourth-order valence-electron chi connectivity index (χ4n) is 1.63. The number of alkyl halides is 1. The number of nitrogens with zero attached hydrogens (tertiary/aromatic N) is 1. The van der Waals surface area contributed by atoms with Gasteiger partial charge >= 0.3 is 0 Å². The lowest BCUT2D eigenvalue weighted by molar-refractivity contribution is -0.0701. The molecule has 0 aromatic rings. The molecular formula is C9H18ClNO2. The third kappa shape index (κ3) is 3.81. The largest absolute Gasteiger partial charge is 0.383 e. The average molecular weight is 208 g/mol. The Balaban J connectivity index is 2.29. The molecule has 0 bridgehead atoms. The van der Waals surface area contributed by atoms with Crippen LogP contribution in [0.15, 0.2) is 0 Å². The Morgan fingerprint density at radius 3 is 2.92 bits per heavy atom. The van der Waals surface area contributed by atoms with Gasteiger partial charge in [-0.25, -0.2) is 0 Å². The van der Waals surface area contributed by atoms with Gasteiger partial charge in [-0.15, -0.1) is 11.6 Å². The monoisotopic (exact) mass is 207 g/mol. The highest BCUT2D eigenvalue weighted by Crippen LogP contribution is 2.11. The summed E-state index contributed by atoms with van der Waals surface area (Å²) in [5, 5.41) is 0.